The van der Waals surface area contributed by atoms with Crippen molar-refractivity contribution in [1.29, 1.82) is 0 Å². The van der Waals surface area contributed by atoms with E-state index in [2.05, 4.69) is 26.1 Å². The van der Waals surface area contributed by atoms with Crippen LogP contribution in [0.25, 0.3) is 16.5 Å². The average Bonchev–Trinajstić information content (AvgIpc) is 3.27. The molecule has 1 heterocycles. The lowest BCUT2D eigenvalue weighted by Crippen LogP contribution is -2.42. The zero-order valence-electron chi connectivity index (χ0n) is 23.1. The van der Waals surface area contributed by atoms with Crippen LogP contribution >= 0.6 is 0 Å². The minimum Gasteiger partial charge on any atom is -0.309 e. The van der Waals surface area contributed by atoms with Gasteiger partial charge in [0.25, 0.3) is 0 Å². The Bertz CT molecular complexity index is 1590. The van der Waals surface area contributed by atoms with Gasteiger partial charge < -0.3 is 5.32 Å². The largest absolute Gasteiger partial charge is 0.309 e. The summed E-state index contributed by atoms with van der Waals surface area (Å²) in [7, 11) is -3.96. The number of aromatic nitrogens is 2. The molecular weight excluding hydrogens is 496 g/mol. The van der Waals surface area contributed by atoms with Gasteiger partial charge in [0.05, 0.1) is 22.8 Å². The number of amides is 1. The lowest BCUT2D eigenvalue weighted by atomic mass is 9.92. The third-order valence-corrected chi connectivity index (χ3v) is 8.84. The van der Waals surface area contributed by atoms with Crippen LogP contribution in [0.4, 0.5) is 5.82 Å². The summed E-state index contributed by atoms with van der Waals surface area (Å²) in [5, 5.41) is 9.23. The molecular formula is C30H36N4O3S. The fourth-order valence-corrected chi connectivity index (χ4v) is 6.21. The van der Waals surface area contributed by atoms with Crippen molar-refractivity contribution in [2.45, 2.75) is 64.8 Å². The normalized spacial score (nSPS) is 12.4. The van der Waals surface area contributed by atoms with E-state index in [1.165, 1.54) is 4.31 Å². The second-order valence-electron chi connectivity index (χ2n) is 11.0. The van der Waals surface area contributed by atoms with Crippen molar-refractivity contribution in [2.75, 3.05) is 11.9 Å². The van der Waals surface area contributed by atoms with Gasteiger partial charge in [-0.15, -0.1) is 0 Å². The molecule has 0 atom stereocenters. The molecule has 4 rings (SSSR count). The minimum atomic E-state index is -3.96. The lowest BCUT2D eigenvalue weighted by molar-refractivity contribution is -0.116. The Balaban J connectivity index is 1.69. The van der Waals surface area contributed by atoms with Gasteiger partial charge in [0.1, 0.15) is 5.82 Å². The quantitative estimate of drug-likeness (QED) is 0.317. The van der Waals surface area contributed by atoms with Crippen LogP contribution in [0.3, 0.4) is 0 Å². The molecule has 1 aromatic heterocycles. The van der Waals surface area contributed by atoms with Gasteiger partial charge in [0.2, 0.25) is 15.9 Å². The monoisotopic (exact) mass is 532 g/mol. The molecule has 0 saturated heterocycles. The van der Waals surface area contributed by atoms with Crippen LogP contribution in [-0.2, 0) is 20.2 Å². The van der Waals surface area contributed by atoms with Gasteiger partial charge in [-0.3, -0.25) is 4.79 Å². The van der Waals surface area contributed by atoms with E-state index >= 15 is 0 Å². The molecule has 38 heavy (non-hydrogen) atoms. The second kappa shape index (κ2) is 10.3. The maximum absolute atomic E-state index is 13.8. The number of fused-ring (bicyclic) bond motifs is 1. The van der Waals surface area contributed by atoms with Crippen LogP contribution in [-0.4, -0.2) is 41.0 Å². The van der Waals surface area contributed by atoms with E-state index in [1.807, 2.05) is 62.4 Å². The van der Waals surface area contributed by atoms with E-state index < -0.39 is 22.0 Å². The van der Waals surface area contributed by atoms with E-state index in [4.69, 9.17) is 5.10 Å². The van der Waals surface area contributed by atoms with Crippen molar-refractivity contribution < 1.29 is 13.2 Å². The topological polar surface area (TPSA) is 84.3 Å². The van der Waals surface area contributed by atoms with Crippen molar-refractivity contribution in [2.24, 2.45) is 0 Å². The summed E-state index contributed by atoms with van der Waals surface area (Å²) in [5.41, 5.74) is 3.59. The van der Waals surface area contributed by atoms with Gasteiger partial charge in [0.15, 0.2) is 0 Å². The van der Waals surface area contributed by atoms with E-state index in [0.29, 0.717) is 11.2 Å². The third kappa shape index (κ3) is 5.37. The highest BCUT2D eigenvalue weighted by Crippen LogP contribution is 2.29. The van der Waals surface area contributed by atoms with E-state index in [1.54, 1.807) is 36.7 Å². The Hall–Kier alpha value is -3.49. The molecule has 0 fully saturated rings. The Morgan fingerprint density at radius 3 is 2.34 bits per heavy atom. The van der Waals surface area contributed by atoms with Crippen molar-refractivity contribution in [3.05, 3.63) is 83.6 Å². The van der Waals surface area contributed by atoms with Gasteiger partial charge >= 0.3 is 0 Å². The number of benzene rings is 3. The first-order valence-corrected chi connectivity index (χ1v) is 14.2. The fraction of sp³-hybridized carbons (Fsp3) is 0.333. The summed E-state index contributed by atoms with van der Waals surface area (Å²) >= 11 is 0. The third-order valence-electron chi connectivity index (χ3n) is 6.76. The maximum atomic E-state index is 13.8. The zero-order valence-corrected chi connectivity index (χ0v) is 23.9. The van der Waals surface area contributed by atoms with Crippen LogP contribution in [0, 0.1) is 13.8 Å². The first-order valence-electron chi connectivity index (χ1n) is 12.8. The van der Waals surface area contributed by atoms with Crippen LogP contribution in [0.2, 0.25) is 0 Å². The van der Waals surface area contributed by atoms with Crippen LogP contribution in [0.15, 0.2) is 71.6 Å². The van der Waals surface area contributed by atoms with E-state index in [-0.39, 0.29) is 16.9 Å². The lowest BCUT2D eigenvalue weighted by Gasteiger charge is -2.26. The number of carbonyl (C=O) groups is 1. The van der Waals surface area contributed by atoms with Crippen molar-refractivity contribution in [3.63, 3.8) is 0 Å². The highest BCUT2D eigenvalue weighted by atomic mass is 32.2. The molecule has 8 heteroatoms. The molecule has 3 aromatic carbocycles. The predicted molar refractivity (Wildman–Crippen MR) is 153 cm³/mol. The summed E-state index contributed by atoms with van der Waals surface area (Å²) in [6.45, 7) is 13.5. The van der Waals surface area contributed by atoms with Crippen LogP contribution in [0.5, 0.6) is 0 Å². The second-order valence-corrected chi connectivity index (χ2v) is 12.8. The van der Waals surface area contributed by atoms with Crippen molar-refractivity contribution in [3.8, 4) is 5.69 Å². The molecule has 0 saturated carbocycles. The summed E-state index contributed by atoms with van der Waals surface area (Å²) in [6, 6.07) is 19.9. The molecule has 1 amide bonds. The number of aryl methyl sites for hydroxylation is 1. The highest BCUT2D eigenvalue weighted by molar-refractivity contribution is 7.89. The van der Waals surface area contributed by atoms with E-state index in [9.17, 15) is 13.2 Å². The van der Waals surface area contributed by atoms with Gasteiger partial charge in [-0.25, -0.2) is 13.1 Å². The molecule has 1 N–H and O–H groups in total. The molecule has 200 valence electrons. The van der Waals surface area contributed by atoms with Gasteiger partial charge in [0, 0.05) is 22.9 Å². The van der Waals surface area contributed by atoms with Gasteiger partial charge in [-0.2, -0.15) is 9.40 Å². The van der Waals surface area contributed by atoms with Crippen molar-refractivity contribution in [1.82, 2.24) is 14.1 Å². The molecule has 0 unspecified atom stereocenters. The fourth-order valence-electron chi connectivity index (χ4n) is 4.40. The molecule has 0 aliphatic heterocycles. The van der Waals surface area contributed by atoms with E-state index in [0.717, 1.165) is 27.9 Å². The SMILES string of the molecule is Cc1cccc(-n2nc(C(C)(C)C)cc2NC(=O)CN(C(C)C)S(=O)(=O)c2cccc3ccccc23)c1C. The number of anilines is 1. The maximum Gasteiger partial charge on any atom is 0.244 e. The van der Waals surface area contributed by atoms with Crippen molar-refractivity contribution >= 4 is 32.5 Å². The molecule has 4 aromatic rings. The Morgan fingerprint density at radius 1 is 1.00 bits per heavy atom. The number of hydrogen-bond acceptors (Lipinski definition) is 4. The summed E-state index contributed by atoms with van der Waals surface area (Å²) in [4.78, 5) is 13.6. The molecule has 0 bridgehead atoms. The predicted octanol–water partition coefficient (Wildman–Crippen LogP) is 5.98. The summed E-state index contributed by atoms with van der Waals surface area (Å²) in [6.07, 6.45) is 0. The molecule has 7 nitrogen and oxygen atoms in total. The summed E-state index contributed by atoms with van der Waals surface area (Å²) < 4.78 is 30.6. The minimum absolute atomic E-state index is 0.188. The molecule has 0 aliphatic rings. The van der Waals surface area contributed by atoms with Crippen LogP contribution < -0.4 is 5.32 Å². The molecule has 0 aliphatic carbocycles. The Kier molecular flexibility index (Phi) is 7.50. The Morgan fingerprint density at radius 2 is 1.66 bits per heavy atom. The zero-order chi connectivity index (χ0) is 27.8. The number of carbonyl (C=O) groups excluding carboxylic acids is 1. The molecule has 0 spiro atoms. The summed E-state index contributed by atoms with van der Waals surface area (Å²) in [5.74, 6) is 0.0642. The van der Waals surface area contributed by atoms with Gasteiger partial charge in [-0.1, -0.05) is 69.3 Å². The number of nitrogens with one attached hydrogen (secondary N) is 1. The highest BCUT2D eigenvalue weighted by Gasteiger charge is 2.31. The average molecular weight is 533 g/mol. The molecule has 0 radical (unpaired) electrons. The van der Waals surface area contributed by atoms with Gasteiger partial charge in [-0.05, 0) is 56.3 Å². The smallest absolute Gasteiger partial charge is 0.244 e. The first kappa shape index (κ1) is 27.5. The first-order chi connectivity index (χ1) is 17.8. The number of hydrogen-bond donors (Lipinski definition) is 1. The number of rotatable bonds is 7. The number of sulfonamides is 1. The standard InChI is InChI=1S/C30H36N4O3S/c1-20(2)33(38(36,37)26-17-11-14-23-13-8-9-15-24(23)26)19-29(35)31-28-18-27(30(5,6)7)32-34(28)25-16-10-12-21(3)22(25)4/h8-18,20H,19H2,1-7H3,(H,31,35). The number of nitrogens with zero attached hydrogens (tertiary/aromatic N) is 3. The Labute approximate surface area is 225 Å². The van der Waals surface area contributed by atoms with Crippen LogP contribution in [0.1, 0.15) is 51.4 Å².